The van der Waals surface area contributed by atoms with Gasteiger partial charge < -0.3 is 10.6 Å². The maximum atomic E-state index is 4.10. The van der Waals surface area contributed by atoms with Crippen LogP contribution in [0.1, 0.15) is 37.8 Å². The zero-order valence-corrected chi connectivity index (χ0v) is 11.9. The second-order valence-corrected chi connectivity index (χ2v) is 5.46. The van der Waals surface area contributed by atoms with Crippen molar-refractivity contribution in [3.63, 3.8) is 0 Å². The Morgan fingerprint density at radius 1 is 1.24 bits per heavy atom. The van der Waals surface area contributed by atoms with E-state index in [2.05, 4.69) is 41.0 Å². The van der Waals surface area contributed by atoms with E-state index < -0.39 is 0 Å². The molecule has 2 N–H and O–H groups in total. The molecule has 4 nitrogen and oxygen atoms in total. The van der Waals surface area contributed by atoms with E-state index in [1.54, 1.807) is 0 Å². The van der Waals surface area contributed by atoms with Gasteiger partial charge in [0.2, 0.25) is 0 Å². The lowest BCUT2D eigenvalue weighted by Gasteiger charge is -2.07. The molecule has 0 aromatic carbocycles. The summed E-state index contributed by atoms with van der Waals surface area (Å²) >= 11 is 1.51. The van der Waals surface area contributed by atoms with Gasteiger partial charge in [0, 0.05) is 6.54 Å². The molecule has 0 aliphatic heterocycles. The van der Waals surface area contributed by atoms with Gasteiger partial charge in [0.15, 0.2) is 0 Å². The Morgan fingerprint density at radius 2 is 2.00 bits per heavy atom. The summed E-state index contributed by atoms with van der Waals surface area (Å²) in [4.78, 5) is 1.28. The van der Waals surface area contributed by atoms with Gasteiger partial charge in [-0.05, 0) is 49.9 Å². The van der Waals surface area contributed by atoms with E-state index in [4.69, 9.17) is 0 Å². The van der Waals surface area contributed by atoms with Crippen LogP contribution in [0.2, 0.25) is 0 Å². The fourth-order valence-electron chi connectivity index (χ4n) is 1.56. The number of nitrogens with one attached hydrogen (secondary N) is 2. The van der Waals surface area contributed by atoms with Crippen molar-refractivity contribution in [3.8, 4) is 0 Å². The van der Waals surface area contributed by atoms with E-state index in [-0.39, 0.29) is 0 Å². The topological polar surface area (TPSA) is 49.8 Å². The molecular weight excluding hydrogens is 232 g/mol. The summed E-state index contributed by atoms with van der Waals surface area (Å²) in [5.74, 6) is 0.735. The zero-order valence-electron chi connectivity index (χ0n) is 11.1. The normalized spacial score (nSPS) is 11.3. The molecule has 1 rings (SSSR count). The van der Waals surface area contributed by atoms with Crippen molar-refractivity contribution < 1.29 is 0 Å². The number of hydrogen-bond acceptors (Lipinski definition) is 5. The molecule has 0 aliphatic carbocycles. The van der Waals surface area contributed by atoms with Crippen molar-refractivity contribution in [2.75, 3.05) is 19.6 Å². The lowest BCUT2D eigenvalue weighted by Crippen LogP contribution is -2.24. The fraction of sp³-hybridized carbons (Fsp3) is 0.833. The minimum atomic E-state index is 0.735. The number of aryl methyl sites for hydroxylation is 1. The minimum absolute atomic E-state index is 0.735. The average molecular weight is 256 g/mol. The van der Waals surface area contributed by atoms with Crippen LogP contribution in [0.4, 0.5) is 0 Å². The van der Waals surface area contributed by atoms with Gasteiger partial charge in [-0.2, -0.15) is 0 Å². The summed E-state index contributed by atoms with van der Waals surface area (Å²) in [5.41, 5.74) is 1.14. The molecular formula is C12H24N4S. The molecule has 0 saturated heterocycles. The molecule has 0 radical (unpaired) electrons. The summed E-state index contributed by atoms with van der Waals surface area (Å²) in [5, 5.41) is 11.0. The standard InChI is InChI=1S/C12H24N4S/c1-4-11-12(17-16-15-11)9-14-7-5-6-13-8-10(2)3/h10,13-14H,4-9H2,1-3H3. The van der Waals surface area contributed by atoms with Gasteiger partial charge in [0.05, 0.1) is 10.6 Å². The van der Waals surface area contributed by atoms with Crippen molar-refractivity contribution >= 4 is 11.5 Å². The summed E-state index contributed by atoms with van der Waals surface area (Å²) in [6.45, 7) is 10.7. The monoisotopic (exact) mass is 256 g/mol. The van der Waals surface area contributed by atoms with Crippen LogP contribution in [0, 0.1) is 5.92 Å². The SMILES string of the molecule is CCc1nnsc1CNCCCNCC(C)C. The number of rotatable bonds is 9. The summed E-state index contributed by atoms with van der Waals surface area (Å²) in [6, 6.07) is 0. The third kappa shape index (κ3) is 6.10. The Kier molecular flexibility index (Phi) is 7.32. The van der Waals surface area contributed by atoms with Crippen molar-refractivity contribution in [1.29, 1.82) is 0 Å². The van der Waals surface area contributed by atoms with Crippen molar-refractivity contribution in [2.24, 2.45) is 5.92 Å². The number of nitrogens with zero attached hydrogens (tertiary/aromatic N) is 2. The van der Waals surface area contributed by atoms with Crippen LogP contribution >= 0.6 is 11.5 Å². The Balaban J connectivity index is 2.01. The highest BCUT2D eigenvalue weighted by Crippen LogP contribution is 2.10. The van der Waals surface area contributed by atoms with E-state index >= 15 is 0 Å². The third-order valence-electron chi connectivity index (χ3n) is 2.51. The molecule has 0 fully saturated rings. The van der Waals surface area contributed by atoms with Gasteiger partial charge in [-0.15, -0.1) is 5.10 Å². The first-order valence-electron chi connectivity index (χ1n) is 6.45. The van der Waals surface area contributed by atoms with E-state index in [9.17, 15) is 0 Å². The molecule has 0 saturated carbocycles. The molecule has 0 spiro atoms. The summed E-state index contributed by atoms with van der Waals surface area (Å²) in [6.07, 6.45) is 2.14. The van der Waals surface area contributed by atoms with Crippen LogP contribution in [0.3, 0.4) is 0 Å². The van der Waals surface area contributed by atoms with Gasteiger partial charge in [-0.25, -0.2) is 0 Å². The van der Waals surface area contributed by atoms with Crippen LogP contribution in [-0.4, -0.2) is 29.2 Å². The largest absolute Gasteiger partial charge is 0.316 e. The molecule has 1 heterocycles. The van der Waals surface area contributed by atoms with Gasteiger partial charge in [0.1, 0.15) is 0 Å². The summed E-state index contributed by atoms with van der Waals surface area (Å²) in [7, 11) is 0. The maximum Gasteiger partial charge on any atom is 0.0797 e. The van der Waals surface area contributed by atoms with E-state index in [0.29, 0.717) is 0 Å². The van der Waals surface area contributed by atoms with Crippen LogP contribution in [0.15, 0.2) is 0 Å². The summed E-state index contributed by atoms with van der Waals surface area (Å²) < 4.78 is 3.98. The first kappa shape index (κ1) is 14.5. The molecule has 1 aromatic rings. The number of aromatic nitrogens is 2. The number of hydrogen-bond donors (Lipinski definition) is 2. The maximum absolute atomic E-state index is 4.10. The predicted molar refractivity (Wildman–Crippen MR) is 73.3 cm³/mol. The Labute approximate surface area is 108 Å². The Hall–Kier alpha value is -0.520. The highest BCUT2D eigenvalue weighted by molar-refractivity contribution is 7.05. The van der Waals surface area contributed by atoms with Crippen LogP contribution in [0.5, 0.6) is 0 Å². The molecule has 0 bridgehead atoms. The van der Waals surface area contributed by atoms with Crippen LogP contribution in [-0.2, 0) is 13.0 Å². The quantitative estimate of drug-likeness (QED) is 0.662. The Morgan fingerprint density at radius 3 is 2.71 bits per heavy atom. The zero-order chi connectivity index (χ0) is 12.5. The van der Waals surface area contributed by atoms with E-state index in [1.165, 1.54) is 22.8 Å². The van der Waals surface area contributed by atoms with Crippen LogP contribution in [0.25, 0.3) is 0 Å². The second-order valence-electron chi connectivity index (χ2n) is 4.62. The fourth-order valence-corrected chi connectivity index (χ4v) is 2.26. The van der Waals surface area contributed by atoms with Gasteiger partial charge in [-0.1, -0.05) is 25.3 Å². The molecule has 0 amide bonds. The Bertz CT molecular complexity index is 298. The molecule has 17 heavy (non-hydrogen) atoms. The van der Waals surface area contributed by atoms with Crippen molar-refractivity contribution in [1.82, 2.24) is 20.2 Å². The molecule has 98 valence electrons. The van der Waals surface area contributed by atoms with Crippen molar-refractivity contribution in [3.05, 3.63) is 10.6 Å². The average Bonchev–Trinajstić information content (AvgIpc) is 2.74. The lowest BCUT2D eigenvalue weighted by atomic mass is 10.2. The van der Waals surface area contributed by atoms with Crippen molar-refractivity contribution in [2.45, 2.75) is 40.2 Å². The first-order valence-corrected chi connectivity index (χ1v) is 7.23. The van der Waals surface area contributed by atoms with Gasteiger partial charge >= 0.3 is 0 Å². The first-order chi connectivity index (χ1) is 8.24. The van der Waals surface area contributed by atoms with Crippen LogP contribution < -0.4 is 10.6 Å². The molecule has 0 aliphatic rings. The molecule has 5 heteroatoms. The minimum Gasteiger partial charge on any atom is -0.316 e. The highest BCUT2D eigenvalue weighted by atomic mass is 32.1. The smallest absolute Gasteiger partial charge is 0.0797 e. The highest BCUT2D eigenvalue weighted by Gasteiger charge is 2.04. The molecule has 1 aromatic heterocycles. The third-order valence-corrected chi connectivity index (χ3v) is 3.28. The van der Waals surface area contributed by atoms with E-state index in [0.717, 1.165) is 44.2 Å². The van der Waals surface area contributed by atoms with E-state index in [1.807, 2.05) is 0 Å². The lowest BCUT2D eigenvalue weighted by molar-refractivity contribution is 0.530. The molecule has 0 unspecified atom stereocenters. The van der Waals surface area contributed by atoms with Gasteiger partial charge in [0.25, 0.3) is 0 Å². The van der Waals surface area contributed by atoms with Gasteiger partial charge in [-0.3, -0.25) is 0 Å². The molecule has 0 atom stereocenters. The predicted octanol–water partition coefficient (Wildman–Crippen LogP) is 1.83. The second kappa shape index (κ2) is 8.55.